The number of hydrogen-bond donors (Lipinski definition) is 22. The molecule has 7 heterocycles. The Hall–Kier alpha value is -4.83. The van der Waals surface area contributed by atoms with E-state index < -0.39 is 295 Å². The zero-order chi connectivity index (χ0) is 72.6. The minimum absolute atomic E-state index is 0.608. The summed E-state index contributed by atoms with van der Waals surface area (Å²) in [5.74, 6) is -5.63. The van der Waals surface area contributed by atoms with Crippen LogP contribution in [0.2, 0.25) is 0 Å². The van der Waals surface area contributed by atoms with E-state index in [1.54, 1.807) is 0 Å². The number of hydrogen-bond acceptors (Lipinski definition) is 35. The molecule has 35 atom stereocenters. The van der Waals surface area contributed by atoms with Crippen molar-refractivity contribution in [2.75, 3.05) is 39.6 Å². The number of ether oxygens (including phenoxy) is 13. The molecule has 0 spiro atoms. The first-order valence-electron chi connectivity index (χ1n) is 31.4. The first-order chi connectivity index (χ1) is 46.2. The van der Waals surface area contributed by atoms with Crippen LogP contribution in [0, 0.1) is 0 Å². The van der Waals surface area contributed by atoms with Crippen LogP contribution < -0.4 is 37.2 Å². The lowest BCUT2D eigenvalue weighted by Crippen LogP contribution is -2.73. The van der Waals surface area contributed by atoms with Crippen LogP contribution in [0.15, 0.2) is 0 Å². The summed E-state index contributed by atoms with van der Waals surface area (Å²) in [6, 6.07) is -11.6. The van der Waals surface area contributed by atoms with Crippen molar-refractivity contribution >= 4 is 41.4 Å². The molecule has 0 saturated carbocycles. The molecule has 7 rings (SSSR count). The maximum atomic E-state index is 13.5. The molecule has 0 aromatic heterocycles. The summed E-state index contributed by atoms with van der Waals surface area (Å²) in [4.78, 5) is 89.6. The van der Waals surface area contributed by atoms with Gasteiger partial charge < -0.3 is 175 Å². The van der Waals surface area contributed by atoms with E-state index in [-0.39, 0.29) is 0 Å². The highest BCUT2D eigenvalue weighted by Crippen LogP contribution is 2.39. The van der Waals surface area contributed by atoms with Gasteiger partial charge in [-0.2, -0.15) is 0 Å². The lowest BCUT2D eigenvalue weighted by molar-refractivity contribution is -0.385. The minimum Gasteiger partial charge on any atom is -0.394 e. The van der Waals surface area contributed by atoms with Crippen LogP contribution >= 0.6 is 0 Å². The molecule has 42 nitrogen and oxygen atoms in total. The highest BCUT2D eigenvalue weighted by atomic mass is 16.8. The van der Waals surface area contributed by atoms with Gasteiger partial charge in [-0.25, -0.2) is 0 Å². The largest absolute Gasteiger partial charge is 0.394 e. The molecule has 0 aromatic rings. The number of rotatable bonds is 25. The summed E-state index contributed by atoms with van der Waals surface area (Å²) in [5.41, 5.74) is 0. The van der Waals surface area contributed by atoms with Crippen LogP contribution in [0.25, 0.3) is 0 Å². The molecule has 7 amide bonds. The van der Waals surface area contributed by atoms with Crippen LogP contribution in [0.3, 0.4) is 0 Å². The van der Waals surface area contributed by atoms with Gasteiger partial charge in [-0.1, -0.05) is 0 Å². The number of amides is 7. The number of nitrogens with one attached hydrogen (secondary N) is 7. The second-order valence-corrected chi connectivity index (χ2v) is 24.7. The lowest BCUT2D eigenvalue weighted by atomic mass is 9.92. The summed E-state index contributed by atoms with van der Waals surface area (Å²) in [7, 11) is 0. The van der Waals surface area contributed by atoms with Crippen LogP contribution in [0.4, 0.5) is 0 Å². The maximum absolute atomic E-state index is 13.5. The van der Waals surface area contributed by atoms with Gasteiger partial charge in [0.1, 0.15) is 158 Å². The van der Waals surface area contributed by atoms with E-state index in [0.717, 1.165) is 48.5 Å². The Labute approximate surface area is 558 Å². The van der Waals surface area contributed by atoms with Crippen molar-refractivity contribution in [3.05, 3.63) is 0 Å². The molecule has 7 fully saturated rings. The molecular formula is C56H93N7O35. The third-order valence-electron chi connectivity index (χ3n) is 17.3. The summed E-state index contributed by atoms with van der Waals surface area (Å²) >= 11 is 0. The Morgan fingerprint density at radius 2 is 0.520 bits per heavy atom. The van der Waals surface area contributed by atoms with E-state index in [9.17, 15) is 110 Å². The van der Waals surface area contributed by atoms with E-state index >= 15 is 0 Å². The molecule has 7 saturated heterocycles. The van der Waals surface area contributed by atoms with Gasteiger partial charge in [0.2, 0.25) is 41.4 Å². The molecule has 0 aromatic carbocycles. The van der Waals surface area contributed by atoms with Gasteiger partial charge >= 0.3 is 0 Å². The molecule has 0 bridgehead atoms. The second-order valence-electron chi connectivity index (χ2n) is 24.7. The fourth-order valence-corrected chi connectivity index (χ4v) is 12.8. The Balaban J connectivity index is 1.22. The Morgan fingerprint density at radius 1 is 0.265 bits per heavy atom. The van der Waals surface area contributed by atoms with Gasteiger partial charge in [0.15, 0.2) is 44.0 Å². The van der Waals surface area contributed by atoms with E-state index in [4.69, 9.17) is 61.6 Å². The van der Waals surface area contributed by atoms with Crippen molar-refractivity contribution in [1.29, 1.82) is 0 Å². The Kier molecular flexibility index (Phi) is 29.0. The van der Waals surface area contributed by atoms with E-state index in [0.29, 0.717) is 0 Å². The summed E-state index contributed by atoms with van der Waals surface area (Å²) in [5, 5.41) is 184. The van der Waals surface area contributed by atoms with Crippen LogP contribution in [0.1, 0.15) is 55.4 Å². The zero-order valence-electron chi connectivity index (χ0n) is 54.3. The van der Waals surface area contributed by atoms with Crippen LogP contribution in [-0.4, -0.2) is 372 Å². The molecule has 22 N–H and O–H groups in total. The highest BCUT2D eigenvalue weighted by molar-refractivity contribution is 5.76. The van der Waals surface area contributed by atoms with Gasteiger partial charge in [0.05, 0.1) is 51.8 Å². The second kappa shape index (κ2) is 35.4. The molecule has 42 heteroatoms. The van der Waals surface area contributed by atoms with Crippen LogP contribution in [0.5, 0.6) is 0 Å². The van der Waals surface area contributed by atoms with Gasteiger partial charge in [0.25, 0.3) is 0 Å². The highest BCUT2D eigenvalue weighted by Gasteiger charge is 2.60. The fraction of sp³-hybridized carbons (Fsp3) is 0.875. The first kappa shape index (κ1) is 80.5. The molecule has 0 aliphatic carbocycles. The Morgan fingerprint density at radius 3 is 0.878 bits per heavy atom. The van der Waals surface area contributed by atoms with Gasteiger partial charge in [-0.15, -0.1) is 0 Å². The fourth-order valence-electron chi connectivity index (χ4n) is 12.8. The third kappa shape index (κ3) is 18.7. The van der Waals surface area contributed by atoms with Gasteiger partial charge in [-0.05, 0) is 6.92 Å². The Bertz CT molecular complexity index is 2640. The standard InChI is InChI=1S/C56H93N7O35/c1-15-29(57-16(2)70)48(34(50(85)86-15)62-21(7)75)97-54-33(61-20(6)74)41(82)45(26(12-67)91-54)94-52-31(59-18(4)72)39(80)46(27(13-68)89-52)95-55-35(63-22(8)76)49(98-56-43(84)42(83)37(78)24(10-65)88-56)47(28(14-69)92-55)96-53-32(60-19(5)73)40(81)44(25(11-66)90-53)93-51-30(58-17(3)71)38(79)36(77)23(9-64)87-51/h15,23-56,64-69,77-85H,9-14H2,1-8H3,(H,57,70)(H,58,71)(H,59,72)(H,60,73)(H,61,74)(H,62,75)(H,63,76)/t15-,23-,24-,25-,26-,27-,28-,29-,30-,31-,32-,33-,34-,35+,36+,37-,38-,39-,40-,41-,42+,43-,44+,45+,46+,47+,48+,49-,50+,51-,52-,53-,54-,55-,56+/m1/s1. The first-order valence-corrected chi connectivity index (χ1v) is 31.4. The lowest BCUT2D eigenvalue weighted by Gasteiger charge is -2.53. The van der Waals surface area contributed by atoms with Crippen LogP contribution in [-0.2, 0) is 95.1 Å². The maximum Gasteiger partial charge on any atom is 0.217 e. The SMILES string of the molecule is CC(=O)N[C@@H]1[C@@H](O[C@@H]2[C@H](O)[C@@H](NC(C)=O)[C@@H](O[C@@H]3[C@H](O)[C@@H](NC(C)=O)[C@@H](O[C@@H]4[C@@H](NC(C)=O)[C@@H](O)O[C@H](C)[C@H]4NC(C)=O)O[C@@H]3CO)O[C@@H]2CO)O[C@H](CO)[C@H](O[C@H]2O[C@H](CO)[C@H](O[C@H]3O[C@H](CO)[C@H](O)[C@H](O)[C@H]3NC(C)=O)[C@H](O)[C@H]2NC(C)=O)[C@@H]1O[C@@H]1O[C@H](CO)[C@@H](O)[C@H](O)[C@H]1O. The minimum atomic E-state index is -2.24. The number of aliphatic hydroxyl groups excluding tert-OH is 15. The number of carbonyl (C=O) groups excluding carboxylic acids is 7. The van der Waals surface area contributed by atoms with Crippen molar-refractivity contribution in [2.24, 2.45) is 0 Å². The zero-order valence-corrected chi connectivity index (χ0v) is 54.3. The molecule has 0 radical (unpaired) electrons. The molecule has 98 heavy (non-hydrogen) atoms. The monoisotopic (exact) mass is 1420 g/mol. The molecule has 562 valence electrons. The number of carbonyl (C=O) groups is 7. The van der Waals surface area contributed by atoms with Crippen molar-refractivity contribution in [1.82, 2.24) is 37.2 Å². The van der Waals surface area contributed by atoms with Crippen molar-refractivity contribution in [2.45, 2.75) is 270 Å². The van der Waals surface area contributed by atoms with Crippen molar-refractivity contribution in [3.63, 3.8) is 0 Å². The summed E-state index contributed by atoms with van der Waals surface area (Å²) in [6.45, 7) is 2.40. The van der Waals surface area contributed by atoms with Crippen molar-refractivity contribution in [3.8, 4) is 0 Å². The van der Waals surface area contributed by atoms with Gasteiger partial charge in [-0.3, -0.25) is 33.6 Å². The smallest absolute Gasteiger partial charge is 0.217 e. The third-order valence-corrected chi connectivity index (χ3v) is 17.3. The van der Waals surface area contributed by atoms with Gasteiger partial charge in [0, 0.05) is 48.5 Å². The number of aliphatic hydroxyl groups is 15. The van der Waals surface area contributed by atoms with E-state index in [1.807, 2.05) is 0 Å². The van der Waals surface area contributed by atoms with Crippen molar-refractivity contribution < 1.29 is 172 Å². The van der Waals surface area contributed by atoms with E-state index in [1.165, 1.54) is 6.92 Å². The molecule has 0 unspecified atom stereocenters. The normalized spacial score (nSPS) is 44.5. The molecule has 7 aliphatic rings. The quantitative estimate of drug-likeness (QED) is 0.0404. The summed E-state index contributed by atoms with van der Waals surface area (Å²) in [6.07, 6.45) is -53.0. The summed E-state index contributed by atoms with van der Waals surface area (Å²) < 4.78 is 79.4. The average molecular weight is 1420 g/mol. The average Bonchev–Trinajstić information content (AvgIpc) is 0.752. The topological polar surface area (TPSA) is 627 Å². The molecule has 7 aliphatic heterocycles. The predicted molar refractivity (Wildman–Crippen MR) is 312 cm³/mol. The predicted octanol–water partition coefficient (Wildman–Crippen LogP) is -14.2. The van der Waals surface area contributed by atoms with E-state index in [2.05, 4.69) is 37.2 Å². The molecular weight excluding hydrogens is 1330 g/mol.